The van der Waals surface area contributed by atoms with E-state index in [-0.39, 0.29) is 74.3 Å². The van der Waals surface area contributed by atoms with Gasteiger partial charge in [-0.15, -0.1) is 0 Å². The number of urea groups is 1. The number of anilines is 1. The molecule has 8 rings (SSSR count). The van der Waals surface area contributed by atoms with E-state index in [1.165, 1.54) is 6.07 Å². The fraction of sp³-hybridized carbons (Fsp3) is 0.279. The van der Waals surface area contributed by atoms with Crippen LogP contribution in [0.3, 0.4) is 0 Å². The first-order chi connectivity index (χ1) is 28.9. The lowest BCUT2D eigenvalue weighted by Crippen LogP contribution is -2.55. The maximum atomic E-state index is 15.0. The zero-order valence-corrected chi connectivity index (χ0v) is 35.9. The first-order valence-electron chi connectivity index (χ1n) is 19.4. The number of carbonyl (C=O) groups is 6. The summed E-state index contributed by atoms with van der Waals surface area (Å²) in [6.07, 6.45) is 0.0334. The van der Waals surface area contributed by atoms with Crippen LogP contribution in [-0.2, 0) is 14.4 Å². The third-order valence-electron chi connectivity index (χ3n) is 11.0. The molecular weight excluding hydrogens is 924 g/mol. The number of piperidine rings is 1. The number of aliphatic imine (C=N–C) groups is 1. The summed E-state index contributed by atoms with van der Waals surface area (Å²) in [5, 5.41) is 6.35. The first-order valence-corrected chi connectivity index (χ1v) is 21.2. The zero-order valence-electron chi connectivity index (χ0n) is 32.2. The standard InChI is InChI=1S/C43H38Cl2IN7O7/c1-2-60-33-22-28(46)14-15-29(33)39-49-37(24-6-10-26(44)11-7-24)38(25-8-12-27(45)13-9-25)53(39)43(59)51-20-18-50(19-21-51)35(55)23-47-31-5-3-4-30-36(31)42(58)52(41(30)57)32-16-17-34(54)48-40(32)56/h3-15,22,32,37-38,47H,2,16-21,23H2,1H3,(H,48,54,56)/t32?,37-,38+/m0/s1. The van der Waals surface area contributed by atoms with Crippen LogP contribution in [-0.4, -0.2) is 106 Å². The highest BCUT2D eigenvalue weighted by molar-refractivity contribution is 14.1. The molecule has 60 heavy (non-hydrogen) atoms. The molecule has 308 valence electrons. The number of imide groups is 2. The van der Waals surface area contributed by atoms with Gasteiger partial charge in [-0.3, -0.25) is 44.1 Å². The van der Waals surface area contributed by atoms with E-state index in [1.807, 2.05) is 49.4 Å². The lowest BCUT2D eigenvalue weighted by atomic mass is 9.93. The van der Waals surface area contributed by atoms with E-state index in [0.29, 0.717) is 33.8 Å². The number of rotatable bonds is 9. The molecule has 4 aliphatic rings. The molecule has 0 saturated carbocycles. The van der Waals surface area contributed by atoms with Crippen LogP contribution in [0.2, 0.25) is 10.0 Å². The van der Waals surface area contributed by atoms with Crippen molar-refractivity contribution in [2.45, 2.75) is 37.9 Å². The molecule has 4 aliphatic heterocycles. The molecule has 14 nitrogen and oxygen atoms in total. The summed E-state index contributed by atoms with van der Waals surface area (Å²) in [5.74, 6) is -1.72. The van der Waals surface area contributed by atoms with Gasteiger partial charge in [0.1, 0.15) is 23.7 Å². The Labute approximate surface area is 368 Å². The Morgan fingerprint density at radius 3 is 2.18 bits per heavy atom. The maximum Gasteiger partial charge on any atom is 0.326 e. The Bertz CT molecular complexity index is 2440. The SMILES string of the molecule is CCOc1cc(I)ccc1C1=N[C@@H](c2ccc(Cl)cc2)[C@@H](c2ccc(Cl)cc2)N1C(=O)N1CCN(C(=O)CNc2cccc3c2C(=O)N(C2CCC(=O)NC2=O)C3=O)CC1. The lowest BCUT2D eigenvalue weighted by molar-refractivity contribution is -0.136. The molecular formula is C43H38Cl2IN7O7. The molecule has 2 saturated heterocycles. The summed E-state index contributed by atoms with van der Waals surface area (Å²) in [6, 6.07) is 22.8. The van der Waals surface area contributed by atoms with E-state index in [1.54, 1.807) is 51.1 Å². The van der Waals surface area contributed by atoms with Gasteiger partial charge in [0.15, 0.2) is 0 Å². The zero-order chi connectivity index (χ0) is 42.2. The predicted molar refractivity (Wildman–Crippen MR) is 232 cm³/mol. The van der Waals surface area contributed by atoms with E-state index >= 15 is 0 Å². The van der Waals surface area contributed by atoms with Gasteiger partial charge in [-0.25, -0.2) is 4.79 Å². The fourth-order valence-electron chi connectivity index (χ4n) is 8.05. The molecule has 1 unspecified atom stereocenters. The second-order valence-electron chi connectivity index (χ2n) is 14.6. The monoisotopic (exact) mass is 961 g/mol. The number of benzene rings is 4. The fourth-order valence-corrected chi connectivity index (χ4v) is 8.77. The molecule has 0 spiro atoms. The number of ether oxygens (including phenoxy) is 1. The number of hydrogen-bond acceptors (Lipinski definition) is 9. The summed E-state index contributed by atoms with van der Waals surface area (Å²) in [4.78, 5) is 91.0. The number of fused-ring (bicyclic) bond motifs is 1. The molecule has 4 aromatic carbocycles. The minimum Gasteiger partial charge on any atom is -0.493 e. The molecule has 4 aromatic rings. The quantitative estimate of drug-likeness (QED) is 0.146. The van der Waals surface area contributed by atoms with Crippen molar-refractivity contribution >= 4 is 92.9 Å². The Kier molecular flexibility index (Phi) is 11.8. The molecule has 0 radical (unpaired) electrons. The van der Waals surface area contributed by atoms with Crippen LogP contribution in [0.5, 0.6) is 5.75 Å². The molecule has 2 N–H and O–H groups in total. The molecule has 2 fully saturated rings. The van der Waals surface area contributed by atoms with Gasteiger partial charge in [0, 0.05) is 51.9 Å². The van der Waals surface area contributed by atoms with Crippen molar-refractivity contribution in [3.63, 3.8) is 0 Å². The van der Waals surface area contributed by atoms with E-state index in [2.05, 4.69) is 33.2 Å². The maximum absolute atomic E-state index is 15.0. The lowest BCUT2D eigenvalue weighted by Gasteiger charge is -2.39. The smallest absolute Gasteiger partial charge is 0.326 e. The number of nitrogens with zero attached hydrogens (tertiary/aromatic N) is 5. The Morgan fingerprint density at radius 2 is 1.52 bits per heavy atom. The highest BCUT2D eigenvalue weighted by Crippen LogP contribution is 2.46. The van der Waals surface area contributed by atoms with Crippen LogP contribution in [0, 0.1) is 3.57 Å². The number of carbonyl (C=O) groups excluding carboxylic acids is 6. The Hall–Kier alpha value is -5.52. The molecule has 4 heterocycles. The largest absolute Gasteiger partial charge is 0.493 e. The summed E-state index contributed by atoms with van der Waals surface area (Å²) < 4.78 is 7.06. The average Bonchev–Trinajstić information content (AvgIpc) is 3.75. The van der Waals surface area contributed by atoms with Gasteiger partial charge in [0.05, 0.1) is 35.9 Å². The summed E-state index contributed by atoms with van der Waals surface area (Å²) >= 11 is 14.9. The number of amides is 7. The van der Waals surface area contributed by atoms with Crippen LogP contribution < -0.4 is 15.4 Å². The van der Waals surface area contributed by atoms with Crippen molar-refractivity contribution in [1.29, 1.82) is 0 Å². The van der Waals surface area contributed by atoms with Gasteiger partial charge in [-0.1, -0.05) is 53.5 Å². The molecule has 0 bridgehead atoms. The van der Waals surface area contributed by atoms with Gasteiger partial charge in [-0.2, -0.15) is 0 Å². The number of nitrogens with one attached hydrogen (secondary N) is 2. The van der Waals surface area contributed by atoms with Crippen molar-refractivity contribution in [1.82, 2.24) is 24.9 Å². The molecule has 17 heteroatoms. The van der Waals surface area contributed by atoms with Crippen LogP contribution in [0.25, 0.3) is 0 Å². The molecule has 0 aromatic heterocycles. The van der Waals surface area contributed by atoms with Crippen LogP contribution >= 0.6 is 45.8 Å². The van der Waals surface area contributed by atoms with Gasteiger partial charge in [0.2, 0.25) is 17.7 Å². The topological polar surface area (TPSA) is 161 Å². The number of piperazine rings is 1. The normalized spacial score (nSPS) is 20.3. The van der Waals surface area contributed by atoms with Crippen molar-refractivity contribution in [2.75, 3.05) is 44.6 Å². The Balaban J connectivity index is 1.01. The summed E-state index contributed by atoms with van der Waals surface area (Å²) in [7, 11) is 0. The average molecular weight is 963 g/mol. The number of amidine groups is 1. The minimum absolute atomic E-state index is 0.00324. The summed E-state index contributed by atoms with van der Waals surface area (Å²) in [5.41, 5.74) is 2.78. The first kappa shape index (κ1) is 41.2. The number of hydrogen-bond donors (Lipinski definition) is 2. The van der Waals surface area contributed by atoms with Crippen molar-refractivity contribution < 1.29 is 33.5 Å². The second kappa shape index (κ2) is 17.2. The highest BCUT2D eigenvalue weighted by atomic mass is 127. The van der Waals surface area contributed by atoms with E-state index in [9.17, 15) is 28.8 Å². The van der Waals surface area contributed by atoms with Crippen LogP contribution in [0.15, 0.2) is 89.9 Å². The van der Waals surface area contributed by atoms with E-state index in [4.69, 9.17) is 32.9 Å². The van der Waals surface area contributed by atoms with E-state index in [0.717, 1.165) is 19.6 Å². The van der Waals surface area contributed by atoms with E-state index < -0.39 is 41.8 Å². The van der Waals surface area contributed by atoms with Gasteiger partial charge in [-0.05, 0) is 102 Å². The third-order valence-corrected chi connectivity index (χ3v) is 12.2. The molecule has 3 atom stereocenters. The summed E-state index contributed by atoms with van der Waals surface area (Å²) in [6.45, 7) is 3.04. The predicted octanol–water partition coefficient (Wildman–Crippen LogP) is 6.32. The van der Waals surface area contributed by atoms with Crippen molar-refractivity contribution in [3.8, 4) is 5.75 Å². The minimum atomic E-state index is -1.11. The van der Waals surface area contributed by atoms with Crippen LogP contribution in [0.1, 0.15) is 69.3 Å². The van der Waals surface area contributed by atoms with Crippen molar-refractivity contribution in [3.05, 3.63) is 126 Å². The number of halogens is 3. The second-order valence-corrected chi connectivity index (χ2v) is 16.7. The van der Waals surface area contributed by atoms with Gasteiger partial charge >= 0.3 is 6.03 Å². The molecule has 0 aliphatic carbocycles. The third kappa shape index (κ3) is 7.92. The van der Waals surface area contributed by atoms with Crippen molar-refractivity contribution in [2.24, 2.45) is 4.99 Å². The highest BCUT2D eigenvalue weighted by Gasteiger charge is 2.47. The van der Waals surface area contributed by atoms with Gasteiger partial charge < -0.3 is 19.9 Å². The Morgan fingerprint density at radius 1 is 0.850 bits per heavy atom. The molecule has 7 amide bonds. The van der Waals surface area contributed by atoms with Crippen LogP contribution in [0.4, 0.5) is 10.5 Å². The van der Waals surface area contributed by atoms with Gasteiger partial charge in [0.25, 0.3) is 11.8 Å².